The molecular weight excluding hydrogens is 198 g/mol. The van der Waals surface area contributed by atoms with E-state index in [2.05, 4.69) is 17.6 Å². The van der Waals surface area contributed by atoms with E-state index in [4.69, 9.17) is 16.7 Å². The lowest BCUT2D eigenvalue weighted by Crippen LogP contribution is -2.03. The van der Waals surface area contributed by atoms with Crippen molar-refractivity contribution < 1.29 is 9.90 Å². The van der Waals surface area contributed by atoms with Crippen molar-refractivity contribution in [2.24, 2.45) is 0 Å². The van der Waals surface area contributed by atoms with Crippen LogP contribution in [0, 0.1) is 6.92 Å². The second-order valence-corrected chi connectivity index (χ2v) is 3.10. The van der Waals surface area contributed by atoms with E-state index in [1.165, 1.54) is 0 Å². The van der Waals surface area contributed by atoms with E-state index in [0.717, 1.165) is 0 Å². The molecule has 1 aromatic rings. The van der Waals surface area contributed by atoms with Crippen LogP contribution in [0.4, 0.5) is 0 Å². The number of carboxylic acid groups (broad SMARTS) is 1. The van der Waals surface area contributed by atoms with Crippen LogP contribution < -0.4 is 0 Å². The van der Waals surface area contributed by atoms with Crippen molar-refractivity contribution in [3.8, 4) is 0 Å². The molecule has 0 unspecified atom stereocenters. The Labute approximate surface area is 79.8 Å². The molecule has 1 aromatic heterocycles. The fourth-order valence-electron chi connectivity index (χ4n) is 0.775. The topological polar surface area (TPSA) is 50.2 Å². The predicted octanol–water partition coefficient (Wildman–Crippen LogP) is 2.03. The van der Waals surface area contributed by atoms with Crippen LogP contribution in [0.15, 0.2) is 11.0 Å². The lowest BCUT2D eigenvalue weighted by Gasteiger charge is -2.02. The van der Waals surface area contributed by atoms with Gasteiger partial charge in [0.05, 0.1) is 0 Å². The van der Waals surface area contributed by atoms with Crippen LogP contribution in [-0.2, 0) is 0 Å². The number of nitrogens with zero attached hydrogens (tertiary/aromatic N) is 1. The third-order valence-corrected chi connectivity index (χ3v) is 2.11. The van der Waals surface area contributed by atoms with Crippen LogP contribution in [0.1, 0.15) is 16.1 Å². The molecule has 1 N–H and O–H groups in total. The van der Waals surface area contributed by atoms with Crippen molar-refractivity contribution >= 4 is 30.2 Å². The number of rotatable bonds is 1. The number of carbonyl (C=O) groups is 1. The number of halogens is 1. The first-order valence-electron chi connectivity index (χ1n) is 3.11. The first-order valence-corrected chi connectivity index (χ1v) is 3.94. The highest BCUT2D eigenvalue weighted by Crippen LogP contribution is 2.20. The lowest BCUT2D eigenvalue weighted by molar-refractivity contribution is 0.0686. The molecule has 0 bridgehead atoms. The van der Waals surface area contributed by atoms with Crippen LogP contribution in [0.2, 0.25) is 5.15 Å². The molecule has 3 nitrogen and oxygen atoms in total. The Morgan fingerprint density at radius 3 is 2.83 bits per heavy atom. The zero-order valence-electron chi connectivity index (χ0n) is 6.21. The van der Waals surface area contributed by atoms with E-state index in [1.54, 1.807) is 13.0 Å². The maximum atomic E-state index is 10.6. The average molecular weight is 204 g/mol. The van der Waals surface area contributed by atoms with Gasteiger partial charge in [0, 0.05) is 4.90 Å². The van der Waals surface area contributed by atoms with Crippen molar-refractivity contribution in [3.05, 3.63) is 22.5 Å². The number of hydrogen-bond acceptors (Lipinski definition) is 3. The van der Waals surface area contributed by atoms with E-state index < -0.39 is 5.97 Å². The predicted molar refractivity (Wildman–Crippen MR) is 48.2 cm³/mol. The minimum absolute atomic E-state index is 0.108. The number of hydrogen-bond donors (Lipinski definition) is 2. The molecule has 0 spiro atoms. The highest BCUT2D eigenvalue weighted by molar-refractivity contribution is 7.80. The first kappa shape index (κ1) is 9.35. The van der Waals surface area contributed by atoms with Crippen LogP contribution in [0.5, 0.6) is 0 Å². The Kier molecular flexibility index (Phi) is 2.59. The highest BCUT2D eigenvalue weighted by atomic mass is 35.5. The molecule has 0 aromatic carbocycles. The molecule has 1 heterocycles. The number of thiol groups is 1. The molecule has 12 heavy (non-hydrogen) atoms. The number of pyridine rings is 1. The Bertz CT molecular complexity index is 340. The van der Waals surface area contributed by atoms with Crippen molar-refractivity contribution in [2.45, 2.75) is 11.8 Å². The standard InChI is InChI=1S/C7H6ClNO2S/c1-3-2-4(8)9-5(6(3)12)7(10)11/h2,12H,1H3,(H,10,11). The zero-order chi connectivity index (χ0) is 9.30. The maximum Gasteiger partial charge on any atom is 0.355 e. The number of carboxylic acids is 1. The van der Waals surface area contributed by atoms with Crippen molar-refractivity contribution in [3.63, 3.8) is 0 Å². The van der Waals surface area contributed by atoms with Crippen LogP contribution in [-0.4, -0.2) is 16.1 Å². The van der Waals surface area contributed by atoms with E-state index in [0.29, 0.717) is 10.5 Å². The molecule has 64 valence electrons. The van der Waals surface area contributed by atoms with Crippen molar-refractivity contribution in [1.29, 1.82) is 0 Å². The highest BCUT2D eigenvalue weighted by Gasteiger charge is 2.12. The second kappa shape index (κ2) is 3.33. The van der Waals surface area contributed by atoms with Crippen molar-refractivity contribution in [2.75, 3.05) is 0 Å². The summed E-state index contributed by atoms with van der Waals surface area (Å²) in [6.07, 6.45) is 0. The van der Waals surface area contributed by atoms with Gasteiger partial charge in [0.2, 0.25) is 0 Å². The van der Waals surface area contributed by atoms with Gasteiger partial charge in [-0.15, -0.1) is 12.6 Å². The summed E-state index contributed by atoms with van der Waals surface area (Å²) in [5.74, 6) is -1.12. The molecule has 0 saturated carbocycles. The molecule has 1 rings (SSSR count). The van der Waals surface area contributed by atoms with E-state index in [-0.39, 0.29) is 10.8 Å². The van der Waals surface area contributed by atoms with Gasteiger partial charge in [-0.1, -0.05) is 11.6 Å². The van der Waals surface area contributed by atoms with Gasteiger partial charge in [-0.3, -0.25) is 0 Å². The molecule has 0 amide bonds. The third kappa shape index (κ3) is 1.70. The summed E-state index contributed by atoms with van der Waals surface area (Å²) in [5, 5.41) is 8.81. The minimum atomic E-state index is -1.12. The largest absolute Gasteiger partial charge is 0.476 e. The number of aryl methyl sites for hydroxylation is 1. The average Bonchev–Trinajstić information content (AvgIpc) is 1.96. The zero-order valence-corrected chi connectivity index (χ0v) is 7.86. The Morgan fingerprint density at radius 2 is 2.33 bits per heavy atom. The maximum absolute atomic E-state index is 10.6. The third-order valence-electron chi connectivity index (χ3n) is 1.35. The summed E-state index contributed by atoms with van der Waals surface area (Å²) in [6, 6.07) is 1.57. The van der Waals surface area contributed by atoms with Gasteiger partial charge in [0.1, 0.15) is 5.15 Å². The first-order chi connectivity index (χ1) is 5.52. The molecule has 0 aliphatic heterocycles. The van der Waals surface area contributed by atoms with E-state index in [1.807, 2.05) is 0 Å². The van der Waals surface area contributed by atoms with Gasteiger partial charge in [-0.05, 0) is 18.6 Å². The summed E-state index contributed by atoms with van der Waals surface area (Å²) >= 11 is 9.55. The number of aromatic nitrogens is 1. The van der Waals surface area contributed by atoms with E-state index in [9.17, 15) is 4.79 Å². The molecule has 0 aliphatic carbocycles. The van der Waals surface area contributed by atoms with Crippen LogP contribution in [0.3, 0.4) is 0 Å². The van der Waals surface area contributed by atoms with Gasteiger partial charge in [0.15, 0.2) is 5.69 Å². The van der Waals surface area contributed by atoms with Gasteiger partial charge < -0.3 is 5.11 Å². The molecule has 0 atom stereocenters. The molecule has 5 heteroatoms. The quantitative estimate of drug-likeness (QED) is 0.543. The molecular formula is C7H6ClNO2S. The number of aromatic carboxylic acids is 1. The monoisotopic (exact) mass is 203 g/mol. The smallest absolute Gasteiger partial charge is 0.355 e. The summed E-state index contributed by atoms with van der Waals surface area (Å²) in [4.78, 5) is 14.5. The molecule has 0 saturated heterocycles. The summed E-state index contributed by atoms with van der Waals surface area (Å²) in [7, 11) is 0. The molecule has 0 aliphatic rings. The van der Waals surface area contributed by atoms with Crippen LogP contribution in [0.25, 0.3) is 0 Å². The second-order valence-electron chi connectivity index (χ2n) is 2.26. The normalized spacial score (nSPS) is 9.92. The molecule has 0 fully saturated rings. The fraction of sp³-hybridized carbons (Fsp3) is 0.143. The minimum Gasteiger partial charge on any atom is -0.476 e. The van der Waals surface area contributed by atoms with Crippen molar-refractivity contribution in [1.82, 2.24) is 4.98 Å². The van der Waals surface area contributed by atoms with Gasteiger partial charge in [-0.2, -0.15) is 0 Å². The summed E-state index contributed by atoms with van der Waals surface area (Å²) in [6.45, 7) is 1.72. The fourth-order valence-corrected chi connectivity index (χ4v) is 1.23. The van der Waals surface area contributed by atoms with E-state index >= 15 is 0 Å². The van der Waals surface area contributed by atoms with Gasteiger partial charge in [-0.25, -0.2) is 9.78 Å². The Morgan fingerprint density at radius 1 is 1.75 bits per heavy atom. The Balaban J connectivity index is 3.37. The Hall–Kier alpha value is -0.740. The van der Waals surface area contributed by atoms with Gasteiger partial charge in [0.25, 0.3) is 0 Å². The SMILES string of the molecule is Cc1cc(Cl)nc(C(=O)O)c1S. The lowest BCUT2D eigenvalue weighted by atomic mass is 10.2. The summed E-state index contributed by atoms with van der Waals surface area (Å²) in [5.41, 5.74) is 0.596. The van der Waals surface area contributed by atoms with Gasteiger partial charge >= 0.3 is 5.97 Å². The molecule has 0 radical (unpaired) electrons. The van der Waals surface area contributed by atoms with Crippen LogP contribution >= 0.6 is 24.2 Å². The summed E-state index contributed by atoms with van der Waals surface area (Å²) < 4.78 is 0.